The van der Waals surface area contributed by atoms with Gasteiger partial charge in [0.25, 0.3) is 0 Å². The number of hydrogen-bond donors (Lipinski definition) is 0. The molecule has 1 aromatic carbocycles. The normalized spacial score (nSPS) is 12.1. The zero-order valence-corrected chi connectivity index (χ0v) is 10.2. The Morgan fingerprint density at radius 1 is 1.29 bits per heavy atom. The van der Waals surface area contributed by atoms with Gasteiger partial charge >= 0.3 is 5.97 Å². The summed E-state index contributed by atoms with van der Waals surface area (Å²) in [6.45, 7) is 2.42. The molecule has 0 aliphatic heterocycles. The Morgan fingerprint density at radius 2 is 2.00 bits per heavy atom. The zero-order valence-electron chi connectivity index (χ0n) is 10.2. The highest BCUT2D eigenvalue weighted by molar-refractivity contribution is 5.89. The molecule has 1 atom stereocenters. The topological polar surface area (TPSA) is 44.8 Å². The van der Waals surface area contributed by atoms with Gasteiger partial charge in [-0.25, -0.2) is 4.79 Å². The summed E-state index contributed by atoms with van der Waals surface area (Å²) in [5, 5.41) is 0. The van der Waals surface area contributed by atoms with Crippen molar-refractivity contribution < 1.29 is 19.0 Å². The van der Waals surface area contributed by atoms with Gasteiger partial charge in [-0.15, -0.1) is 0 Å². The Morgan fingerprint density at radius 3 is 2.59 bits per heavy atom. The van der Waals surface area contributed by atoms with E-state index in [1.807, 2.05) is 13.0 Å². The smallest absolute Gasteiger partial charge is 0.338 e. The van der Waals surface area contributed by atoms with Crippen molar-refractivity contribution in [3.05, 3.63) is 35.9 Å². The lowest BCUT2D eigenvalue weighted by atomic mass is 10.2. The average molecular weight is 238 g/mol. The van der Waals surface area contributed by atoms with Crippen molar-refractivity contribution in [2.75, 3.05) is 20.5 Å². The number of esters is 1. The van der Waals surface area contributed by atoms with Crippen LogP contribution in [0.25, 0.3) is 0 Å². The van der Waals surface area contributed by atoms with Gasteiger partial charge in [0, 0.05) is 7.11 Å². The van der Waals surface area contributed by atoms with Crippen molar-refractivity contribution in [3.63, 3.8) is 0 Å². The third-order valence-corrected chi connectivity index (χ3v) is 2.29. The van der Waals surface area contributed by atoms with Gasteiger partial charge in [-0.3, -0.25) is 0 Å². The van der Waals surface area contributed by atoms with E-state index in [4.69, 9.17) is 14.2 Å². The lowest BCUT2D eigenvalue weighted by Gasteiger charge is -2.15. The fourth-order valence-electron chi connectivity index (χ4n) is 1.27. The summed E-state index contributed by atoms with van der Waals surface area (Å²) in [7, 11) is 1.56. The summed E-state index contributed by atoms with van der Waals surface area (Å²) < 4.78 is 15.3. The van der Waals surface area contributed by atoms with Gasteiger partial charge in [-0.1, -0.05) is 25.1 Å². The maximum atomic E-state index is 11.6. The first-order valence-corrected chi connectivity index (χ1v) is 5.60. The summed E-state index contributed by atoms with van der Waals surface area (Å²) >= 11 is 0. The minimum absolute atomic E-state index is 0.123. The second-order valence-corrected chi connectivity index (χ2v) is 3.57. The molecule has 0 fully saturated rings. The van der Waals surface area contributed by atoms with Crippen molar-refractivity contribution in [1.29, 1.82) is 0 Å². The highest BCUT2D eigenvalue weighted by Crippen LogP contribution is 2.04. The minimum Gasteiger partial charge on any atom is -0.459 e. The van der Waals surface area contributed by atoms with E-state index in [1.54, 1.807) is 31.4 Å². The van der Waals surface area contributed by atoms with E-state index < -0.39 is 0 Å². The molecular formula is C13H18O4. The molecule has 0 aliphatic carbocycles. The molecule has 0 spiro atoms. The maximum absolute atomic E-state index is 11.6. The number of carbonyl (C=O) groups excluding carboxylic acids is 1. The van der Waals surface area contributed by atoms with Crippen molar-refractivity contribution in [2.45, 2.75) is 19.4 Å². The van der Waals surface area contributed by atoms with Crippen LogP contribution in [0.5, 0.6) is 0 Å². The van der Waals surface area contributed by atoms with Crippen LogP contribution in [0.4, 0.5) is 0 Å². The minimum atomic E-state index is -0.329. The predicted octanol–water partition coefficient (Wildman–Crippen LogP) is 2.24. The van der Waals surface area contributed by atoms with Crippen molar-refractivity contribution in [1.82, 2.24) is 0 Å². The molecule has 94 valence electrons. The monoisotopic (exact) mass is 238 g/mol. The Kier molecular flexibility index (Phi) is 6.29. The number of benzene rings is 1. The lowest BCUT2D eigenvalue weighted by Crippen LogP contribution is -2.22. The van der Waals surface area contributed by atoms with E-state index >= 15 is 0 Å². The molecule has 0 saturated carbocycles. The predicted molar refractivity (Wildman–Crippen MR) is 63.8 cm³/mol. The van der Waals surface area contributed by atoms with E-state index in [9.17, 15) is 4.79 Å². The largest absolute Gasteiger partial charge is 0.459 e. The number of hydrogen-bond acceptors (Lipinski definition) is 4. The lowest BCUT2D eigenvalue weighted by molar-refractivity contribution is -0.0904. The first-order chi connectivity index (χ1) is 8.27. The van der Waals surface area contributed by atoms with Crippen LogP contribution in [-0.2, 0) is 14.2 Å². The molecule has 1 aromatic rings. The second kappa shape index (κ2) is 7.81. The molecule has 0 saturated heterocycles. The molecule has 4 heteroatoms. The van der Waals surface area contributed by atoms with Crippen molar-refractivity contribution in [3.8, 4) is 0 Å². The first-order valence-electron chi connectivity index (χ1n) is 5.60. The van der Waals surface area contributed by atoms with E-state index in [-0.39, 0.29) is 25.5 Å². The van der Waals surface area contributed by atoms with Gasteiger partial charge < -0.3 is 14.2 Å². The van der Waals surface area contributed by atoms with E-state index in [0.717, 1.165) is 6.42 Å². The fourth-order valence-corrected chi connectivity index (χ4v) is 1.27. The summed E-state index contributed by atoms with van der Waals surface area (Å²) in [5.41, 5.74) is 0.550. The highest BCUT2D eigenvalue weighted by atomic mass is 16.7. The number of carbonyl (C=O) groups is 1. The summed E-state index contributed by atoms with van der Waals surface area (Å²) in [5.74, 6) is -0.329. The third-order valence-electron chi connectivity index (χ3n) is 2.29. The summed E-state index contributed by atoms with van der Waals surface area (Å²) in [6.07, 6.45) is 0.647. The molecule has 0 aromatic heterocycles. The maximum Gasteiger partial charge on any atom is 0.338 e. The zero-order chi connectivity index (χ0) is 12.5. The Balaban J connectivity index is 2.36. The summed E-state index contributed by atoms with van der Waals surface area (Å²) in [6, 6.07) is 8.90. The first kappa shape index (κ1) is 13.7. The molecule has 0 amide bonds. The van der Waals surface area contributed by atoms with Crippen molar-refractivity contribution >= 4 is 5.97 Å². The van der Waals surface area contributed by atoms with Crippen LogP contribution >= 0.6 is 0 Å². The SMILES string of the molecule is CC[C@H](COC(=O)c1ccccc1)OCOC. The molecule has 0 bridgehead atoms. The Labute approximate surface area is 101 Å². The Bertz CT molecular complexity index is 323. The average Bonchev–Trinajstić information content (AvgIpc) is 2.39. The van der Waals surface area contributed by atoms with Crippen LogP contribution < -0.4 is 0 Å². The molecule has 0 radical (unpaired) electrons. The number of ether oxygens (including phenoxy) is 3. The van der Waals surface area contributed by atoms with Gasteiger partial charge in [0.15, 0.2) is 0 Å². The van der Waals surface area contributed by atoms with Crippen LogP contribution in [0.15, 0.2) is 30.3 Å². The van der Waals surface area contributed by atoms with Gasteiger partial charge in [0.2, 0.25) is 0 Å². The van der Waals surface area contributed by atoms with Gasteiger partial charge in [0.05, 0.1) is 11.7 Å². The molecular weight excluding hydrogens is 220 g/mol. The van der Waals surface area contributed by atoms with E-state index in [1.165, 1.54) is 0 Å². The molecule has 0 N–H and O–H groups in total. The number of methoxy groups -OCH3 is 1. The molecule has 17 heavy (non-hydrogen) atoms. The van der Waals surface area contributed by atoms with Gasteiger partial charge in [0.1, 0.15) is 13.4 Å². The van der Waals surface area contributed by atoms with Crippen molar-refractivity contribution in [2.24, 2.45) is 0 Å². The van der Waals surface area contributed by atoms with Crippen LogP contribution in [0.1, 0.15) is 23.7 Å². The van der Waals surface area contributed by atoms with Crippen LogP contribution in [0.3, 0.4) is 0 Å². The Hall–Kier alpha value is -1.39. The van der Waals surface area contributed by atoms with Crippen LogP contribution in [0, 0.1) is 0 Å². The molecule has 0 unspecified atom stereocenters. The second-order valence-electron chi connectivity index (χ2n) is 3.57. The van der Waals surface area contributed by atoms with E-state index in [0.29, 0.717) is 5.56 Å². The fraction of sp³-hybridized carbons (Fsp3) is 0.462. The molecule has 0 heterocycles. The molecule has 1 rings (SSSR count). The third kappa shape index (κ3) is 4.97. The van der Waals surface area contributed by atoms with E-state index in [2.05, 4.69) is 0 Å². The molecule has 0 aliphatic rings. The quantitative estimate of drug-likeness (QED) is 0.540. The standard InChI is InChI=1S/C13H18O4/c1-3-12(17-10-15-2)9-16-13(14)11-7-5-4-6-8-11/h4-8,12H,3,9-10H2,1-2H3/t12-/m1/s1. The molecule has 4 nitrogen and oxygen atoms in total. The highest BCUT2D eigenvalue weighted by Gasteiger charge is 2.11. The van der Waals surface area contributed by atoms with Crippen LogP contribution in [-0.4, -0.2) is 32.6 Å². The summed E-state index contributed by atoms with van der Waals surface area (Å²) in [4.78, 5) is 11.6. The van der Waals surface area contributed by atoms with Gasteiger partial charge in [-0.05, 0) is 18.6 Å². The number of rotatable bonds is 7. The van der Waals surface area contributed by atoms with Crippen LogP contribution in [0.2, 0.25) is 0 Å². The van der Waals surface area contributed by atoms with Gasteiger partial charge in [-0.2, -0.15) is 0 Å².